The Hall–Kier alpha value is -2.70. The van der Waals surface area contributed by atoms with E-state index in [-0.39, 0.29) is 16.8 Å². The van der Waals surface area contributed by atoms with E-state index in [4.69, 9.17) is 0 Å². The molecule has 0 bridgehead atoms. The maximum Gasteiger partial charge on any atom is 0.338 e. The predicted octanol–water partition coefficient (Wildman–Crippen LogP) is 1.57. The summed E-state index contributed by atoms with van der Waals surface area (Å²) in [6.07, 6.45) is 2.30. The van der Waals surface area contributed by atoms with Gasteiger partial charge in [-0.2, -0.15) is 0 Å². The molecule has 0 fully saturated rings. The van der Waals surface area contributed by atoms with Gasteiger partial charge in [-0.05, 0) is 18.2 Å². The van der Waals surface area contributed by atoms with E-state index in [0.29, 0.717) is 0 Å². The van der Waals surface area contributed by atoms with Crippen LogP contribution in [0.3, 0.4) is 0 Å². The minimum Gasteiger partial charge on any atom is -0.466 e. The lowest BCUT2D eigenvalue weighted by Gasteiger charge is -2.01. The third kappa shape index (κ3) is 3.63. The van der Waals surface area contributed by atoms with E-state index in [2.05, 4.69) is 9.47 Å². The molecule has 0 spiro atoms. The van der Waals surface area contributed by atoms with Crippen molar-refractivity contribution >= 4 is 23.7 Å². The molecule has 0 aliphatic heterocycles. The van der Waals surface area contributed by atoms with Crippen molar-refractivity contribution in [2.45, 2.75) is 0 Å². The molecule has 0 unspecified atom stereocenters. The summed E-state index contributed by atoms with van der Waals surface area (Å²) in [5.74, 6) is -1.31. The number of hydrogen-bond donors (Lipinski definition) is 0. The third-order valence-electron chi connectivity index (χ3n) is 2.25. The lowest BCUT2D eigenvalue weighted by molar-refractivity contribution is -0.385. The summed E-state index contributed by atoms with van der Waals surface area (Å²) in [7, 11) is 2.38. The summed E-state index contributed by atoms with van der Waals surface area (Å²) in [5.41, 5.74) is -0.0597. The number of nitro benzene ring substituents is 1. The number of rotatable bonds is 4. The minimum absolute atomic E-state index is 0.0596. The molecule has 100 valence electrons. The third-order valence-corrected chi connectivity index (χ3v) is 2.25. The summed E-state index contributed by atoms with van der Waals surface area (Å²) in [5, 5.41) is 10.9. The van der Waals surface area contributed by atoms with Crippen molar-refractivity contribution < 1.29 is 24.0 Å². The molecule has 1 rings (SSSR count). The summed E-state index contributed by atoms with van der Waals surface area (Å²) in [4.78, 5) is 32.5. The lowest BCUT2D eigenvalue weighted by atomic mass is 10.1. The molecule has 0 amide bonds. The van der Waals surface area contributed by atoms with Gasteiger partial charge in [0.1, 0.15) is 0 Å². The number of esters is 2. The highest BCUT2D eigenvalue weighted by molar-refractivity contribution is 5.92. The SMILES string of the molecule is COC(=O)C=Cc1ccc(C(=O)OC)cc1[N+](=O)[O-]. The van der Waals surface area contributed by atoms with Crippen LogP contribution in [0.15, 0.2) is 24.3 Å². The molecule has 7 heteroatoms. The maximum atomic E-state index is 11.3. The van der Waals surface area contributed by atoms with Gasteiger partial charge in [0.15, 0.2) is 0 Å². The smallest absolute Gasteiger partial charge is 0.338 e. The number of carbonyl (C=O) groups is 2. The molecule has 1 aromatic rings. The Balaban J connectivity index is 3.19. The van der Waals surface area contributed by atoms with Crippen LogP contribution in [-0.2, 0) is 14.3 Å². The standard InChI is InChI=1S/C12H11NO6/c1-18-11(14)6-5-8-3-4-9(12(15)19-2)7-10(8)13(16)17/h3-7H,1-2H3. The molecular formula is C12H11NO6. The van der Waals surface area contributed by atoms with Gasteiger partial charge < -0.3 is 9.47 Å². The van der Waals surface area contributed by atoms with Crippen LogP contribution in [0, 0.1) is 10.1 Å². The average molecular weight is 265 g/mol. The molecule has 19 heavy (non-hydrogen) atoms. The van der Waals surface area contributed by atoms with Crippen LogP contribution in [0.2, 0.25) is 0 Å². The first-order valence-electron chi connectivity index (χ1n) is 5.12. The number of benzene rings is 1. The first-order valence-corrected chi connectivity index (χ1v) is 5.12. The highest BCUT2D eigenvalue weighted by atomic mass is 16.6. The zero-order chi connectivity index (χ0) is 14.4. The van der Waals surface area contributed by atoms with Gasteiger partial charge in [-0.1, -0.05) is 0 Å². The summed E-state index contributed by atoms with van der Waals surface area (Å²) in [6.45, 7) is 0. The highest BCUT2D eigenvalue weighted by Gasteiger charge is 2.16. The topological polar surface area (TPSA) is 95.7 Å². The Morgan fingerprint density at radius 1 is 1.26 bits per heavy atom. The summed E-state index contributed by atoms with van der Waals surface area (Å²) >= 11 is 0. The van der Waals surface area contributed by atoms with Crippen molar-refractivity contribution in [2.24, 2.45) is 0 Å². The molecule has 7 nitrogen and oxygen atoms in total. The van der Waals surface area contributed by atoms with Crippen molar-refractivity contribution in [2.75, 3.05) is 14.2 Å². The Morgan fingerprint density at radius 3 is 2.47 bits per heavy atom. The second-order valence-corrected chi connectivity index (χ2v) is 3.38. The van der Waals surface area contributed by atoms with Gasteiger partial charge in [-0.15, -0.1) is 0 Å². The first-order chi connectivity index (χ1) is 8.99. The van der Waals surface area contributed by atoms with Crippen LogP contribution in [0.4, 0.5) is 5.69 Å². The zero-order valence-corrected chi connectivity index (χ0v) is 10.3. The molecule has 0 saturated carbocycles. The molecule has 0 radical (unpaired) electrons. The van der Waals surface area contributed by atoms with Crippen molar-refractivity contribution in [3.63, 3.8) is 0 Å². The first kappa shape index (κ1) is 14.4. The largest absolute Gasteiger partial charge is 0.466 e. The van der Waals surface area contributed by atoms with Gasteiger partial charge >= 0.3 is 11.9 Å². The number of nitro groups is 1. The molecule has 0 N–H and O–H groups in total. The van der Waals surface area contributed by atoms with Gasteiger partial charge in [0.25, 0.3) is 5.69 Å². The zero-order valence-electron chi connectivity index (χ0n) is 10.3. The van der Waals surface area contributed by atoms with E-state index in [1.54, 1.807) is 0 Å². The Morgan fingerprint density at radius 2 is 1.95 bits per heavy atom. The second-order valence-electron chi connectivity index (χ2n) is 3.38. The van der Waals surface area contributed by atoms with Gasteiger partial charge in [0, 0.05) is 12.1 Å². The highest BCUT2D eigenvalue weighted by Crippen LogP contribution is 2.22. The minimum atomic E-state index is -0.674. The lowest BCUT2D eigenvalue weighted by Crippen LogP contribution is -2.03. The fourth-order valence-electron chi connectivity index (χ4n) is 1.31. The van der Waals surface area contributed by atoms with Gasteiger partial charge in [0.2, 0.25) is 0 Å². The van der Waals surface area contributed by atoms with E-state index < -0.39 is 16.9 Å². The van der Waals surface area contributed by atoms with Crippen molar-refractivity contribution in [1.29, 1.82) is 0 Å². The molecule has 0 saturated heterocycles. The Labute approximate surface area is 108 Å². The fourth-order valence-corrected chi connectivity index (χ4v) is 1.31. The Kier molecular flexibility index (Phi) is 4.76. The molecule has 0 aromatic heterocycles. The molecule has 0 aliphatic carbocycles. The van der Waals surface area contributed by atoms with E-state index in [1.807, 2.05) is 0 Å². The van der Waals surface area contributed by atoms with E-state index in [0.717, 1.165) is 12.1 Å². The summed E-state index contributed by atoms with van der Waals surface area (Å²) in [6, 6.07) is 3.81. The second kappa shape index (κ2) is 6.29. The van der Waals surface area contributed by atoms with E-state index in [1.165, 1.54) is 32.4 Å². The normalized spacial score (nSPS) is 10.2. The number of carbonyl (C=O) groups excluding carboxylic acids is 2. The van der Waals surface area contributed by atoms with Crippen molar-refractivity contribution in [1.82, 2.24) is 0 Å². The average Bonchev–Trinajstić information content (AvgIpc) is 2.43. The summed E-state index contributed by atoms with van der Waals surface area (Å²) < 4.78 is 8.85. The number of hydrogen-bond acceptors (Lipinski definition) is 6. The number of ether oxygens (including phenoxy) is 2. The molecule has 1 aromatic carbocycles. The van der Waals surface area contributed by atoms with Gasteiger partial charge in [-0.25, -0.2) is 9.59 Å². The predicted molar refractivity (Wildman–Crippen MR) is 65.5 cm³/mol. The number of nitrogens with zero attached hydrogens (tertiary/aromatic N) is 1. The van der Waals surface area contributed by atoms with Crippen LogP contribution >= 0.6 is 0 Å². The molecule has 0 atom stereocenters. The van der Waals surface area contributed by atoms with Gasteiger partial charge in [0.05, 0.1) is 30.3 Å². The molecule has 0 heterocycles. The van der Waals surface area contributed by atoms with Gasteiger partial charge in [-0.3, -0.25) is 10.1 Å². The fraction of sp³-hybridized carbons (Fsp3) is 0.167. The van der Waals surface area contributed by atoms with E-state index >= 15 is 0 Å². The molecule has 0 aliphatic rings. The van der Waals surface area contributed by atoms with E-state index in [9.17, 15) is 19.7 Å². The maximum absolute atomic E-state index is 11.3. The van der Waals surface area contributed by atoms with Crippen molar-refractivity contribution in [3.8, 4) is 0 Å². The number of methoxy groups -OCH3 is 2. The monoisotopic (exact) mass is 265 g/mol. The van der Waals surface area contributed by atoms with Crippen molar-refractivity contribution in [3.05, 3.63) is 45.5 Å². The van der Waals surface area contributed by atoms with Crippen LogP contribution in [0.5, 0.6) is 0 Å². The Bertz CT molecular complexity index is 549. The van der Waals surface area contributed by atoms with Crippen LogP contribution in [-0.4, -0.2) is 31.1 Å². The quantitative estimate of drug-likeness (QED) is 0.355. The molecular weight excluding hydrogens is 254 g/mol. The van der Waals surface area contributed by atoms with Crippen LogP contribution < -0.4 is 0 Å². The van der Waals surface area contributed by atoms with Crippen LogP contribution in [0.1, 0.15) is 15.9 Å². The van der Waals surface area contributed by atoms with Crippen LogP contribution in [0.25, 0.3) is 6.08 Å².